The summed E-state index contributed by atoms with van der Waals surface area (Å²) in [5, 5.41) is 10.6. The first-order valence-corrected chi connectivity index (χ1v) is 6.53. The molecule has 2 aromatic heterocycles. The van der Waals surface area contributed by atoms with Gasteiger partial charge in [-0.05, 0) is 13.0 Å². The van der Waals surface area contributed by atoms with Crippen LogP contribution in [0, 0.1) is 12.7 Å². The van der Waals surface area contributed by atoms with Gasteiger partial charge in [0.1, 0.15) is 0 Å². The van der Waals surface area contributed by atoms with Crippen LogP contribution in [0.1, 0.15) is 21.7 Å². The number of ether oxygens (including phenoxy) is 1. The van der Waals surface area contributed by atoms with Gasteiger partial charge >= 0.3 is 0 Å². The summed E-state index contributed by atoms with van der Waals surface area (Å²) in [5.41, 5.74) is 1.76. The second kappa shape index (κ2) is 5.57. The Hall–Kier alpha value is -2.35. The van der Waals surface area contributed by atoms with Crippen molar-refractivity contribution < 1.29 is 13.9 Å². The Labute approximate surface area is 120 Å². The lowest BCUT2D eigenvalue weighted by Gasteiger charge is -2.24. The molecule has 1 N–H and O–H groups in total. The van der Waals surface area contributed by atoms with E-state index in [2.05, 4.69) is 20.6 Å². The summed E-state index contributed by atoms with van der Waals surface area (Å²) in [6.07, 6.45) is 2.17. The second-order valence-electron chi connectivity index (χ2n) is 4.80. The van der Waals surface area contributed by atoms with Crippen LogP contribution in [0.5, 0.6) is 0 Å². The summed E-state index contributed by atoms with van der Waals surface area (Å²) in [6, 6.07) is 1.34. The molecular weight excluding hydrogens is 277 g/mol. The van der Waals surface area contributed by atoms with Crippen LogP contribution in [-0.2, 0) is 17.9 Å². The predicted molar refractivity (Wildman–Crippen MR) is 69.9 cm³/mol. The maximum atomic E-state index is 13.4. The van der Waals surface area contributed by atoms with Crippen molar-refractivity contribution in [3.63, 3.8) is 0 Å². The summed E-state index contributed by atoms with van der Waals surface area (Å²) < 4.78 is 20.8. The molecule has 7 nitrogen and oxygen atoms in total. The summed E-state index contributed by atoms with van der Waals surface area (Å²) in [4.78, 5) is 15.5. The van der Waals surface area contributed by atoms with Gasteiger partial charge in [-0.3, -0.25) is 9.78 Å². The van der Waals surface area contributed by atoms with Crippen LogP contribution in [-0.4, -0.2) is 38.5 Å². The quantitative estimate of drug-likeness (QED) is 0.888. The fourth-order valence-corrected chi connectivity index (χ4v) is 2.17. The second-order valence-corrected chi connectivity index (χ2v) is 4.80. The molecule has 0 saturated carbocycles. The van der Waals surface area contributed by atoms with Crippen molar-refractivity contribution in [3.05, 3.63) is 41.2 Å². The number of aromatic nitrogens is 4. The molecule has 110 valence electrons. The molecule has 2 aromatic rings. The zero-order valence-electron chi connectivity index (χ0n) is 11.4. The molecule has 3 heterocycles. The van der Waals surface area contributed by atoms with E-state index in [0.717, 1.165) is 17.6 Å². The van der Waals surface area contributed by atoms with Crippen molar-refractivity contribution >= 4 is 5.91 Å². The Kier molecular flexibility index (Phi) is 3.61. The van der Waals surface area contributed by atoms with E-state index >= 15 is 0 Å². The first kappa shape index (κ1) is 13.6. The molecule has 0 aromatic carbocycles. The van der Waals surface area contributed by atoms with Gasteiger partial charge in [0.15, 0.2) is 5.82 Å². The molecule has 3 rings (SSSR count). The number of rotatable bonds is 3. The summed E-state index contributed by atoms with van der Waals surface area (Å²) >= 11 is 0. The first-order chi connectivity index (χ1) is 10.1. The third-order valence-electron chi connectivity index (χ3n) is 3.37. The smallest absolute Gasteiger partial charge is 0.254 e. The highest BCUT2D eigenvalue weighted by molar-refractivity contribution is 5.94. The fourth-order valence-electron chi connectivity index (χ4n) is 2.17. The summed E-state index contributed by atoms with van der Waals surface area (Å²) in [7, 11) is 0. The third kappa shape index (κ3) is 2.75. The van der Waals surface area contributed by atoms with E-state index in [4.69, 9.17) is 4.74 Å². The van der Waals surface area contributed by atoms with Crippen molar-refractivity contribution in [3.8, 4) is 0 Å². The highest BCUT2D eigenvalue weighted by atomic mass is 19.1. The minimum atomic E-state index is -0.645. The molecule has 21 heavy (non-hydrogen) atoms. The van der Waals surface area contributed by atoms with Crippen LogP contribution < -0.4 is 5.32 Å². The van der Waals surface area contributed by atoms with Crippen molar-refractivity contribution in [2.45, 2.75) is 26.2 Å². The molecule has 8 heteroatoms. The van der Waals surface area contributed by atoms with Crippen molar-refractivity contribution in [2.24, 2.45) is 0 Å². The lowest BCUT2D eigenvalue weighted by molar-refractivity contribution is 0.00119. The van der Waals surface area contributed by atoms with E-state index < -0.39 is 11.7 Å². The number of fused-ring (bicyclic) bond motifs is 1. The van der Waals surface area contributed by atoms with Crippen LogP contribution in [0.3, 0.4) is 0 Å². The number of nitrogens with zero attached hydrogens (tertiary/aromatic N) is 4. The Morgan fingerprint density at radius 2 is 2.48 bits per heavy atom. The van der Waals surface area contributed by atoms with Crippen molar-refractivity contribution in [1.29, 1.82) is 0 Å². The highest BCUT2D eigenvalue weighted by Gasteiger charge is 2.23. The van der Waals surface area contributed by atoms with Crippen LogP contribution in [0.2, 0.25) is 0 Å². The average Bonchev–Trinajstić information content (AvgIpc) is 2.86. The van der Waals surface area contributed by atoms with E-state index in [0.29, 0.717) is 13.2 Å². The number of carbonyl (C=O) groups excluding carboxylic acids is 1. The number of halogens is 1. The zero-order valence-corrected chi connectivity index (χ0v) is 11.4. The molecule has 1 atom stereocenters. The minimum absolute atomic E-state index is 0.0295. The number of hydrogen-bond acceptors (Lipinski definition) is 5. The van der Waals surface area contributed by atoms with Crippen molar-refractivity contribution in [1.82, 2.24) is 25.3 Å². The van der Waals surface area contributed by atoms with Gasteiger partial charge in [-0.2, -0.15) is 0 Å². The topological polar surface area (TPSA) is 81.9 Å². The number of hydrogen-bond donors (Lipinski definition) is 1. The standard InChI is InChI=1S/C13H14FN5O2/c1-8-12-7-21-9(6-19(12)18-17-8)4-16-13(20)10-2-3-15-5-11(10)14/h2-3,5,9H,4,6-7H2,1H3,(H,16,20). The van der Waals surface area contributed by atoms with Crippen LogP contribution in [0.15, 0.2) is 18.5 Å². The molecule has 0 saturated heterocycles. The monoisotopic (exact) mass is 291 g/mol. The predicted octanol–water partition coefficient (Wildman–Crippen LogP) is 0.449. The van der Waals surface area contributed by atoms with Gasteiger partial charge in [0.2, 0.25) is 0 Å². The van der Waals surface area contributed by atoms with Crippen LogP contribution in [0.4, 0.5) is 4.39 Å². The van der Waals surface area contributed by atoms with Gasteiger partial charge in [0.25, 0.3) is 5.91 Å². The van der Waals surface area contributed by atoms with Gasteiger partial charge in [0.05, 0.1) is 42.4 Å². The number of nitrogens with one attached hydrogen (secondary N) is 1. The molecule has 1 amide bonds. The third-order valence-corrected chi connectivity index (χ3v) is 3.37. The normalized spacial score (nSPS) is 17.3. The van der Waals surface area contributed by atoms with Gasteiger partial charge in [-0.15, -0.1) is 5.10 Å². The van der Waals surface area contributed by atoms with Crippen LogP contribution in [0.25, 0.3) is 0 Å². The number of pyridine rings is 1. The van der Waals surface area contributed by atoms with Gasteiger partial charge in [-0.1, -0.05) is 5.21 Å². The van der Waals surface area contributed by atoms with Gasteiger partial charge in [0, 0.05) is 12.7 Å². The molecule has 0 aliphatic carbocycles. The van der Waals surface area contributed by atoms with Crippen LogP contribution >= 0.6 is 0 Å². The lowest BCUT2D eigenvalue weighted by atomic mass is 10.2. The molecule has 1 aliphatic rings. The van der Waals surface area contributed by atoms with E-state index in [1.807, 2.05) is 6.92 Å². The van der Waals surface area contributed by atoms with E-state index in [-0.39, 0.29) is 18.2 Å². The van der Waals surface area contributed by atoms with Crippen molar-refractivity contribution in [2.75, 3.05) is 6.54 Å². The lowest BCUT2D eigenvalue weighted by Crippen LogP contribution is -2.39. The molecule has 0 fully saturated rings. The van der Waals surface area contributed by atoms with E-state index in [1.54, 1.807) is 4.68 Å². The Morgan fingerprint density at radius 3 is 3.29 bits per heavy atom. The molecule has 0 radical (unpaired) electrons. The van der Waals surface area contributed by atoms with E-state index in [1.165, 1.54) is 12.3 Å². The minimum Gasteiger partial charge on any atom is -0.368 e. The maximum Gasteiger partial charge on any atom is 0.254 e. The summed E-state index contributed by atoms with van der Waals surface area (Å²) in [6.45, 7) is 3.06. The largest absolute Gasteiger partial charge is 0.368 e. The number of amides is 1. The molecule has 1 aliphatic heterocycles. The van der Waals surface area contributed by atoms with Gasteiger partial charge in [-0.25, -0.2) is 9.07 Å². The maximum absolute atomic E-state index is 13.4. The van der Waals surface area contributed by atoms with E-state index in [9.17, 15) is 9.18 Å². The Balaban J connectivity index is 1.59. The fraction of sp³-hybridized carbons (Fsp3) is 0.385. The molecule has 0 spiro atoms. The van der Waals surface area contributed by atoms with Gasteiger partial charge < -0.3 is 10.1 Å². The molecule has 1 unspecified atom stereocenters. The number of aryl methyl sites for hydroxylation is 1. The first-order valence-electron chi connectivity index (χ1n) is 6.53. The molecular formula is C13H14FN5O2. The number of carbonyl (C=O) groups is 1. The summed E-state index contributed by atoms with van der Waals surface area (Å²) in [5.74, 6) is -1.13. The Bertz CT molecular complexity index is 672. The molecule has 0 bridgehead atoms. The zero-order chi connectivity index (χ0) is 14.8. The highest BCUT2D eigenvalue weighted by Crippen LogP contribution is 2.14. The average molecular weight is 291 g/mol. The SMILES string of the molecule is Cc1nnn2c1COC(CNC(=O)c1ccncc1F)C2. The Morgan fingerprint density at radius 1 is 1.62 bits per heavy atom.